The molecular formula is C14H22N2O3. The second kappa shape index (κ2) is 7.67. The molecule has 0 aromatic heterocycles. The summed E-state index contributed by atoms with van der Waals surface area (Å²) in [6, 6.07) is -0.0280. The maximum atomic E-state index is 12.4. The third-order valence-corrected chi connectivity index (χ3v) is 3.50. The van der Waals surface area contributed by atoms with E-state index in [1.165, 1.54) is 0 Å². The third kappa shape index (κ3) is 4.47. The van der Waals surface area contributed by atoms with Gasteiger partial charge in [-0.2, -0.15) is 0 Å². The zero-order chi connectivity index (χ0) is 14.3. The number of aliphatic carboxylic acids is 1. The number of rotatable bonds is 5. The Morgan fingerprint density at radius 3 is 2.79 bits per heavy atom. The highest BCUT2D eigenvalue weighted by molar-refractivity contribution is 5.75. The highest BCUT2D eigenvalue weighted by Crippen LogP contribution is 2.22. The summed E-state index contributed by atoms with van der Waals surface area (Å²) >= 11 is 0. The van der Waals surface area contributed by atoms with E-state index in [0.717, 1.165) is 19.3 Å². The van der Waals surface area contributed by atoms with E-state index in [4.69, 9.17) is 11.5 Å². The lowest BCUT2D eigenvalue weighted by Crippen LogP contribution is -2.50. The summed E-state index contributed by atoms with van der Waals surface area (Å²) in [6.07, 6.45) is 8.80. The normalized spacial score (nSPS) is 18.7. The van der Waals surface area contributed by atoms with Gasteiger partial charge < -0.3 is 14.9 Å². The van der Waals surface area contributed by atoms with E-state index in [9.17, 15) is 9.59 Å². The second-order valence-corrected chi connectivity index (χ2v) is 4.78. The van der Waals surface area contributed by atoms with Crippen LogP contribution < -0.4 is 0 Å². The molecule has 1 fully saturated rings. The molecule has 0 bridgehead atoms. The molecule has 5 nitrogen and oxygen atoms in total. The molecule has 1 heterocycles. The van der Waals surface area contributed by atoms with Crippen LogP contribution in [-0.2, 0) is 4.79 Å². The summed E-state index contributed by atoms with van der Waals surface area (Å²) in [7, 11) is 0. The number of terminal acetylenes is 1. The summed E-state index contributed by atoms with van der Waals surface area (Å²) in [5.41, 5.74) is 0. The number of carboxylic acids is 1. The van der Waals surface area contributed by atoms with Crippen LogP contribution in [0.5, 0.6) is 0 Å². The van der Waals surface area contributed by atoms with Crippen LogP contribution in [0.15, 0.2) is 0 Å². The van der Waals surface area contributed by atoms with Crippen molar-refractivity contribution >= 4 is 12.0 Å². The van der Waals surface area contributed by atoms with Gasteiger partial charge in [0, 0.05) is 25.6 Å². The van der Waals surface area contributed by atoms with Gasteiger partial charge in [-0.3, -0.25) is 4.79 Å². The molecule has 1 aliphatic heterocycles. The monoisotopic (exact) mass is 266 g/mol. The second-order valence-electron chi connectivity index (χ2n) is 4.78. The number of hydrogen-bond acceptors (Lipinski definition) is 2. The molecule has 1 rings (SSSR count). The van der Waals surface area contributed by atoms with Crippen LogP contribution in [0.1, 0.15) is 39.0 Å². The molecular weight excluding hydrogens is 244 g/mol. The first-order chi connectivity index (χ1) is 9.10. The Morgan fingerprint density at radius 1 is 1.47 bits per heavy atom. The number of piperidine rings is 1. The predicted molar refractivity (Wildman–Crippen MR) is 72.7 cm³/mol. The molecule has 0 aromatic carbocycles. The van der Waals surface area contributed by atoms with Crippen molar-refractivity contribution in [3.05, 3.63) is 0 Å². The molecule has 1 saturated heterocycles. The lowest BCUT2D eigenvalue weighted by atomic mass is 9.98. The van der Waals surface area contributed by atoms with Crippen molar-refractivity contribution in [2.45, 2.75) is 45.1 Å². The molecule has 106 valence electrons. The Labute approximate surface area is 114 Å². The summed E-state index contributed by atoms with van der Waals surface area (Å²) in [6.45, 7) is 3.47. The minimum atomic E-state index is -0.811. The molecule has 19 heavy (non-hydrogen) atoms. The minimum Gasteiger partial charge on any atom is -0.481 e. The largest absolute Gasteiger partial charge is 0.481 e. The number of carbonyl (C=O) groups excluding carboxylic acids is 1. The number of nitrogens with zero attached hydrogens (tertiary/aromatic N) is 2. The molecule has 1 unspecified atom stereocenters. The van der Waals surface area contributed by atoms with Crippen LogP contribution in [-0.4, -0.2) is 52.6 Å². The molecule has 0 aromatic rings. The average molecular weight is 266 g/mol. The van der Waals surface area contributed by atoms with Gasteiger partial charge in [0.2, 0.25) is 0 Å². The Bertz CT molecular complexity index is 362. The van der Waals surface area contributed by atoms with Crippen molar-refractivity contribution in [3.8, 4) is 12.3 Å². The standard InChI is InChI=1S/C14H22N2O3/c1-3-10-15(4-2)14(19)16-11-6-5-7-12(16)8-9-13(17)18/h1,12H,4-11H2,2H3,(H,17,18). The summed E-state index contributed by atoms with van der Waals surface area (Å²) in [5, 5.41) is 8.77. The van der Waals surface area contributed by atoms with E-state index in [1.807, 2.05) is 6.92 Å². The van der Waals surface area contributed by atoms with Gasteiger partial charge >= 0.3 is 12.0 Å². The quantitative estimate of drug-likeness (QED) is 0.772. The lowest BCUT2D eigenvalue weighted by molar-refractivity contribution is -0.137. The first-order valence-electron chi connectivity index (χ1n) is 6.81. The Morgan fingerprint density at radius 2 is 2.21 bits per heavy atom. The van der Waals surface area contributed by atoms with Gasteiger partial charge in [0.25, 0.3) is 0 Å². The maximum Gasteiger partial charge on any atom is 0.321 e. The molecule has 1 atom stereocenters. The van der Waals surface area contributed by atoms with Gasteiger partial charge in [-0.05, 0) is 32.6 Å². The average Bonchev–Trinajstić information content (AvgIpc) is 2.42. The number of amides is 2. The van der Waals surface area contributed by atoms with Gasteiger partial charge in [-0.15, -0.1) is 6.42 Å². The van der Waals surface area contributed by atoms with E-state index < -0.39 is 5.97 Å². The number of hydrogen-bond donors (Lipinski definition) is 1. The van der Waals surface area contributed by atoms with Crippen molar-refractivity contribution in [2.75, 3.05) is 19.6 Å². The van der Waals surface area contributed by atoms with Crippen molar-refractivity contribution in [3.63, 3.8) is 0 Å². The zero-order valence-electron chi connectivity index (χ0n) is 11.5. The van der Waals surface area contributed by atoms with Crippen LogP contribution in [0.3, 0.4) is 0 Å². The third-order valence-electron chi connectivity index (χ3n) is 3.50. The zero-order valence-corrected chi connectivity index (χ0v) is 11.5. The van der Waals surface area contributed by atoms with Gasteiger partial charge in [0.15, 0.2) is 0 Å². The highest BCUT2D eigenvalue weighted by atomic mass is 16.4. The molecule has 0 radical (unpaired) electrons. The predicted octanol–water partition coefficient (Wildman–Crippen LogP) is 1.78. The van der Waals surface area contributed by atoms with Crippen LogP contribution in [0.4, 0.5) is 4.79 Å². The molecule has 0 spiro atoms. The van der Waals surface area contributed by atoms with E-state index in [2.05, 4.69) is 5.92 Å². The lowest BCUT2D eigenvalue weighted by Gasteiger charge is -2.38. The molecule has 1 N–H and O–H groups in total. The van der Waals surface area contributed by atoms with Gasteiger partial charge in [0.1, 0.15) is 0 Å². The van der Waals surface area contributed by atoms with Crippen LogP contribution in [0, 0.1) is 12.3 Å². The molecule has 1 aliphatic rings. The van der Waals surface area contributed by atoms with E-state index in [-0.39, 0.29) is 18.5 Å². The smallest absolute Gasteiger partial charge is 0.321 e. The first kappa shape index (κ1) is 15.4. The minimum absolute atomic E-state index is 0.0316. The van der Waals surface area contributed by atoms with E-state index in [0.29, 0.717) is 26.1 Å². The van der Waals surface area contributed by atoms with Gasteiger partial charge in [-0.25, -0.2) is 4.79 Å². The summed E-state index contributed by atoms with van der Waals surface area (Å²) in [5.74, 6) is 1.68. The topological polar surface area (TPSA) is 60.9 Å². The summed E-state index contributed by atoms with van der Waals surface area (Å²) in [4.78, 5) is 26.5. The number of carbonyl (C=O) groups is 2. The van der Waals surface area contributed by atoms with Gasteiger partial charge in [-0.1, -0.05) is 5.92 Å². The SMILES string of the molecule is C#CCN(CC)C(=O)N1CCCCC1CCC(=O)O. The first-order valence-corrected chi connectivity index (χ1v) is 6.81. The van der Waals surface area contributed by atoms with Crippen LogP contribution >= 0.6 is 0 Å². The van der Waals surface area contributed by atoms with Crippen molar-refractivity contribution in [1.29, 1.82) is 0 Å². The number of carboxylic acid groups (broad SMARTS) is 1. The van der Waals surface area contributed by atoms with E-state index >= 15 is 0 Å². The van der Waals surface area contributed by atoms with Crippen molar-refractivity contribution in [2.24, 2.45) is 0 Å². The fraction of sp³-hybridized carbons (Fsp3) is 0.714. The molecule has 5 heteroatoms. The Balaban J connectivity index is 2.67. The van der Waals surface area contributed by atoms with E-state index in [1.54, 1.807) is 9.80 Å². The number of urea groups is 1. The Kier molecular flexibility index (Phi) is 6.20. The fourth-order valence-electron chi connectivity index (χ4n) is 2.45. The van der Waals surface area contributed by atoms with Crippen molar-refractivity contribution in [1.82, 2.24) is 9.80 Å². The fourth-order valence-corrected chi connectivity index (χ4v) is 2.45. The number of likely N-dealkylation sites (tertiary alicyclic amines) is 1. The van der Waals surface area contributed by atoms with Gasteiger partial charge in [0.05, 0.1) is 6.54 Å². The highest BCUT2D eigenvalue weighted by Gasteiger charge is 2.29. The molecule has 0 saturated carbocycles. The van der Waals surface area contributed by atoms with Crippen LogP contribution in [0.2, 0.25) is 0 Å². The summed E-state index contributed by atoms with van der Waals surface area (Å²) < 4.78 is 0. The maximum absolute atomic E-state index is 12.4. The molecule has 2 amide bonds. The van der Waals surface area contributed by atoms with Crippen molar-refractivity contribution < 1.29 is 14.7 Å². The Hall–Kier alpha value is -1.70. The van der Waals surface area contributed by atoms with Crippen LogP contribution in [0.25, 0.3) is 0 Å². The molecule has 0 aliphatic carbocycles.